The number of nitrogens with zero attached hydrogens (tertiary/aromatic N) is 1. The molecule has 112 valence electrons. The summed E-state index contributed by atoms with van der Waals surface area (Å²) in [5.41, 5.74) is 1.51. The van der Waals surface area contributed by atoms with Crippen LogP contribution >= 0.6 is 0 Å². The van der Waals surface area contributed by atoms with Crippen LogP contribution in [0.4, 0.5) is 10.5 Å². The van der Waals surface area contributed by atoms with Gasteiger partial charge in [-0.25, -0.2) is 9.78 Å². The molecule has 1 N–H and O–H groups in total. The first-order chi connectivity index (χ1) is 10.1. The maximum absolute atomic E-state index is 11.2. The topological polar surface area (TPSA) is 82.8 Å². The van der Waals surface area contributed by atoms with Gasteiger partial charge in [0.25, 0.3) is 0 Å². The Morgan fingerprint density at radius 3 is 2.81 bits per heavy atom. The smallest absolute Gasteiger partial charge is 0.411 e. The normalized spacial score (nSPS) is 10.0. The molecule has 0 aliphatic carbocycles. The second kappa shape index (κ2) is 6.65. The Balaban J connectivity index is 1.98. The molecule has 0 fully saturated rings. The molecular weight excluding hydrogens is 276 g/mol. The molecule has 1 heterocycles. The monoisotopic (exact) mass is 292 g/mol. The average molecular weight is 292 g/mol. The molecule has 0 saturated heterocycles. The number of ether oxygens (including phenoxy) is 3. The van der Waals surface area contributed by atoms with E-state index in [4.69, 9.17) is 13.9 Å². The summed E-state index contributed by atoms with van der Waals surface area (Å²) in [5.74, 6) is 1.39. The van der Waals surface area contributed by atoms with Crippen molar-refractivity contribution in [3.63, 3.8) is 0 Å². The average Bonchev–Trinajstić information content (AvgIpc) is 2.95. The standard InChI is InChI=1S/C14H16N2O5/c1-9-6-10(4-5-11(9)16-14(17)19-3)20-8-12-15-7-13(18-2)21-12/h4-7H,8H2,1-3H3,(H,16,17). The number of aryl methyl sites for hydroxylation is 1. The molecule has 1 aromatic heterocycles. The lowest BCUT2D eigenvalue weighted by molar-refractivity contribution is 0.187. The first kappa shape index (κ1) is 14.7. The third kappa shape index (κ3) is 3.88. The third-order valence-corrected chi connectivity index (χ3v) is 2.72. The molecule has 0 aliphatic heterocycles. The number of amides is 1. The van der Waals surface area contributed by atoms with Crippen molar-refractivity contribution in [3.8, 4) is 11.7 Å². The summed E-state index contributed by atoms with van der Waals surface area (Å²) in [6.07, 6.45) is 0.964. The van der Waals surface area contributed by atoms with E-state index >= 15 is 0 Å². The van der Waals surface area contributed by atoms with Gasteiger partial charge in [0.05, 0.1) is 14.2 Å². The van der Waals surface area contributed by atoms with Gasteiger partial charge in [0.1, 0.15) is 11.9 Å². The Hall–Kier alpha value is -2.70. The minimum Gasteiger partial charge on any atom is -0.484 e. The van der Waals surface area contributed by atoms with Crippen molar-refractivity contribution in [2.24, 2.45) is 0 Å². The molecule has 21 heavy (non-hydrogen) atoms. The number of anilines is 1. The summed E-state index contributed by atoms with van der Waals surface area (Å²) in [4.78, 5) is 15.2. The summed E-state index contributed by atoms with van der Waals surface area (Å²) >= 11 is 0. The highest BCUT2D eigenvalue weighted by Gasteiger charge is 2.07. The lowest BCUT2D eigenvalue weighted by Gasteiger charge is -2.09. The molecule has 2 rings (SSSR count). The summed E-state index contributed by atoms with van der Waals surface area (Å²) in [6.45, 7) is 2.04. The van der Waals surface area contributed by atoms with Crippen LogP contribution in [0, 0.1) is 6.92 Å². The van der Waals surface area contributed by atoms with E-state index in [-0.39, 0.29) is 6.61 Å². The van der Waals surface area contributed by atoms with Gasteiger partial charge in [-0.2, -0.15) is 0 Å². The number of nitrogens with one attached hydrogen (secondary N) is 1. The number of oxazole rings is 1. The number of rotatable bonds is 5. The molecule has 0 radical (unpaired) electrons. The van der Waals surface area contributed by atoms with E-state index < -0.39 is 6.09 Å². The van der Waals surface area contributed by atoms with Gasteiger partial charge in [-0.3, -0.25) is 5.32 Å². The van der Waals surface area contributed by atoms with Crippen LogP contribution in [-0.4, -0.2) is 25.3 Å². The molecule has 1 aromatic carbocycles. The van der Waals surface area contributed by atoms with Gasteiger partial charge in [-0.05, 0) is 30.7 Å². The summed E-state index contributed by atoms with van der Waals surface area (Å²) in [7, 11) is 2.81. The fourth-order valence-corrected chi connectivity index (χ4v) is 1.63. The fraction of sp³-hybridized carbons (Fsp3) is 0.286. The SMILES string of the molecule is COC(=O)Nc1ccc(OCc2ncc(OC)o2)cc1C. The first-order valence-electron chi connectivity index (χ1n) is 6.19. The zero-order valence-corrected chi connectivity index (χ0v) is 12.0. The van der Waals surface area contributed by atoms with Crippen LogP contribution < -0.4 is 14.8 Å². The lowest BCUT2D eigenvalue weighted by Crippen LogP contribution is -2.11. The molecule has 1 amide bonds. The van der Waals surface area contributed by atoms with Crippen molar-refractivity contribution in [2.75, 3.05) is 19.5 Å². The Morgan fingerprint density at radius 2 is 2.19 bits per heavy atom. The molecule has 0 saturated carbocycles. The minimum absolute atomic E-state index is 0.187. The van der Waals surface area contributed by atoms with Gasteiger partial charge < -0.3 is 18.6 Å². The summed E-state index contributed by atoms with van der Waals surface area (Å²) in [6, 6.07) is 5.27. The molecule has 2 aromatic rings. The van der Waals surface area contributed by atoms with Crippen molar-refractivity contribution >= 4 is 11.8 Å². The first-order valence-corrected chi connectivity index (χ1v) is 6.19. The minimum atomic E-state index is -0.515. The zero-order valence-electron chi connectivity index (χ0n) is 12.0. The Morgan fingerprint density at radius 1 is 1.38 bits per heavy atom. The van der Waals surface area contributed by atoms with Gasteiger partial charge >= 0.3 is 12.0 Å². The number of carbonyl (C=O) groups excluding carboxylic acids is 1. The molecule has 0 spiro atoms. The number of hydrogen-bond donors (Lipinski definition) is 1. The van der Waals surface area contributed by atoms with Gasteiger partial charge in [-0.15, -0.1) is 0 Å². The van der Waals surface area contributed by atoms with E-state index in [2.05, 4.69) is 15.0 Å². The van der Waals surface area contributed by atoms with E-state index in [0.717, 1.165) is 5.56 Å². The zero-order chi connectivity index (χ0) is 15.2. The van der Waals surface area contributed by atoms with Crippen molar-refractivity contribution in [2.45, 2.75) is 13.5 Å². The van der Waals surface area contributed by atoms with E-state index in [0.29, 0.717) is 23.3 Å². The number of benzene rings is 1. The Bertz CT molecular complexity index is 624. The summed E-state index contributed by atoms with van der Waals surface area (Å²) < 4.78 is 20.2. The number of hydrogen-bond acceptors (Lipinski definition) is 6. The van der Waals surface area contributed by atoms with E-state index in [1.165, 1.54) is 20.4 Å². The largest absolute Gasteiger partial charge is 0.484 e. The molecular formula is C14H16N2O5. The lowest BCUT2D eigenvalue weighted by atomic mass is 10.2. The molecule has 0 unspecified atom stereocenters. The van der Waals surface area contributed by atoms with Crippen molar-refractivity contribution in [1.82, 2.24) is 4.98 Å². The van der Waals surface area contributed by atoms with Crippen molar-refractivity contribution in [3.05, 3.63) is 35.9 Å². The van der Waals surface area contributed by atoms with E-state index in [9.17, 15) is 4.79 Å². The highest BCUT2D eigenvalue weighted by molar-refractivity contribution is 5.85. The van der Waals surface area contributed by atoms with Crippen LogP contribution in [0.3, 0.4) is 0 Å². The van der Waals surface area contributed by atoms with Gasteiger partial charge in [-0.1, -0.05) is 0 Å². The highest BCUT2D eigenvalue weighted by Crippen LogP contribution is 2.22. The maximum atomic E-state index is 11.2. The van der Waals surface area contributed by atoms with Crippen LogP contribution in [-0.2, 0) is 11.3 Å². The summed E-state index contributed by atoms with van der Waals surface area (Å²) in [5, 5.41) is 2.61. The van der Waals surface area contributed by atoms with Gasteiger partial charge in [0, 0.05) is 5.69 Å². The van der Waals surface area contributed by atoms with E-state index in [1.54, 1.807) is 18.2 Å². The fourth-order valence-electron chi connectivity index (χ4n) is 1.63. The molecule has 7 nitrogen and oxygen atoms in total. The van der Waals surface area contributed by atoms with Crippen molar-refractivity contribution in [1.29, 1.82) is 0 Å². The van der Waals surface area contributed by atoms with Crippen LogP contribution in [0.25, 0.3) is 0 Å². The quantitative estimate of drug-likeness (QED) is 0.912. The predicted molar refractivity (Wildman–Crippen MR) is 74.6 cm³/mol. The van der Waals surface area contributed by atoms with Crippen LogP contribution in [0.15, 0.2) is 28.8 Å². The second-order valence-corrected chi connectivity index (χ2v) is 4.16. The Kier molecular flexibility index (Phi) is 4.65. The Labute approximate surface area is 121 Å². The number of aromatic nitrogens is 1. The third-order valence-electron chi connectivity index (χ3n) is 2.72. The molecule has 0 aliphatic rings. The molecule has 0 bridgehead atoms. The maximum Gasteiger partial charge on any atom is 0.411 e. The van der Waals surface area contributed by atoms with Crippen LogP contribution in [0.5, 0.6) is 11.7 Å². The predicted octanol–water partition coefficient (Wildman–Crippen LogP) is 2.75. The number of carbonyl (C=O) groups is 1. The van der Waals surface area contributed by atoms with Crippen molar-refractivity contribution < 1.29 is 23.4 Å². The molecule has 7 heteroatoms. The second-order valence-electron chi connectivity index (χ2n) is 4.16. The number of methoxy groups -OCH3 is 2. The van der Waals surface area contributed by atoms with Gasteiger partial charge in [0.15, 0.2) is 6.61 Å². The van der Waals surface area contributed by atoms with Crippen LogP contribution in [0.2, 0.25) is 0 Å². The molecule has 0 atom stereocenters. The van der Waals surface area contributed by atoms with E-state index in [1.807, 2.05) is 6.92 Å². The highest BCUT2D eigenvalue weighted by atomic mass is 16.6. The van der Waals surface area contributed by atoms with Crippen LogP contribution in [0.1, 0.15) is 11.5 Å². The van der Waals surface area contributed by atoms with Gasteiger partial charge in [0.2, 0.25) is 5.89 Å².